The molecule has 0 saturated carbocycles. The van der Waals surface area contributed by atoms with Crippen LogP contribution in [-0.4, -0.2) is 61.4 Å². The van der Waals surface area contributed by atoms with Gasteiger partial charge in [0.15, 0.2) is 0 Å². The molecule has 0 atom stereocenters. The number of aromatic carboxylic acids is 1. The minimum Gasteiger partial charge on any atom is -0.477 e. The molecule has 0 aromatic carbocycles. The summed E-state index contributed by atoms with van der Waals surface area (Å²) in [4.78, 5) is 13.4. The van der Waals surface area contributed by atoms with Gasteiger partial charge in [-0.1, -0.05) is 0 Å². The summed E-state index contributed by atoms with van der Waals surface area (Å²) in [6.07, 6.45) is 0.809. The van der Waals surface area contributed by atoms with E-state index in [9.17, 15) is 9.90 Å². The molecule has 20 heavy (non-hydrogen) atoms. The van der Waals surface area contributed by atoms with Crippen LogP contribution in [0.3, 0.4) is 0 Å². The Kier molecular flexibility index (Phi) is 6.47. The molecule has 0 bridgehead atoms. The van der Waals surface area contributed by atoms with Gasteiger partial charge in [0.1, 0.15) is 11.4 Å². The fourth-order valence-corrected chi connectivity index (χ4v) is 2.18. The highest BCUT2D eigenvalue weighted by Crippen LogP contribution is 2.23. The molecule has 0 amide bonds. The summed E-state index contributed by atoms with van der Waals surface area (Å²) >= 11 is 0. The maximum Gasteiger partial charge on any atom is 0.341 e. The van der Waals surface area contributed by atoms with E-state index in [0.717, 1.165) is 6.42 Å². The third kappa shape index (κ3) is 3.94. The van der Waals surface area contributed by atoms with Gasteiger partial charge >= 0.3 is 5.97 Å². The summed E-state index contributed by atoms with van der Waals surface area (Å²) in [6.45, 7) is 4.16. The van der Waals surface area contributed by atoms with Crippen LogP contribution >= 0.6 is 0 Å². The predicted octanol–water partition coefficient (Wildman–Crippen LogP) is 0.916. The minimum absolute atomic E-state index is 0.251. The topological polar surface area (TPSA) is 76.8 Å². The fraction of sp³-hybridized carbons (Fsp3) is 0.692. The summed E-state index contributed by atoms with van der Waals surface area (Å²) < 4.78 is 11.8. The molecule has 0 saturated heterocycles. The summed E-state index contributed by atoms with van der Waals surface area (Å²) in [5.41, 5.74) is 0.769. The van der Waals surface area contributed by atoms with Crippen LogP contribution < -0.4 is 4.90 Å². The Morgan fingerprint density at radius 1 is 1.30 bits per heavy atom. The SMILES string of the molecule is COCCCN(CCOC)c1c(C(=O)O)c(C)nn1C. The second kappa shape index (κ2) is 7.86. The monoisotopic (exact) mass is 285 g/mol. The van der Waals surface area contributed by atoms with Gasteiger partial charge in [0.05, 0.1) is 12.3 Å². The molecule has 7 nitrogen and oxygen atoms in total. The molecule has 7 heteroatoms. The number of aromatic nitrogens is 2. The standard InChI is InChI=1S/C13H23N3O4/c1-10-11(13(17)18)12(15(2)14-10)16(7-9-20-4)6-5-8-19-3/h5-9H2,1-4H3,(H,17,18). The molecule has 0 aliphatic carbocycles. The predicted molar refractivity (Wildman–Crippen MR) is 75.5 cm³/mol. The number of aryl methyl sites for hydroxylation is 2. The van der Waals surface area contributed by atoms with Crippen LogP contribution in [0.15, 0.2) is 0 Å². The van der Waals surface area contributed by atoms with Crippen molar-refractivity contribution in [2.45, 2.75) is 13.3 Å². The molecular weight excluding hydrogens is 262 g/mol. The number of hydrogen-bond donors (Lipinski definition) is 1. The summed E-state index contributed by atoms with van der Waals surface area (Å²) in [6, 6.07) is 0. The van der Waals surface area contributed by atoms with Crippen molar-refractivity contribution in [1.82, 2.24) is 9.78 Å². The normalized spacial score (nSPS) is 10.8. The number of ether oxygens (including phenoxy) is 2. The van der Waals surface area contributed by atoms with Gasteiger partial charge in [0.2, 0.25) is 0 Å². The van der Waals surface area contributed by atoms with Crippen molar-refractivity contribution >= 4 is 11.8 Å². The van der Waals surface area contributed by atoms with E-state index in [0.29, 0.717) is 37.8 Å². The molecule has 0 radical (unpaired) electrons. The number of hydrogen-bond acceptors (Lipinski definition) is 5. The number of carboxylic acid groups (broad SMARTS) is 1. The van der Waals surface area contributed by atoms with Crippen molar-refractivity contribution in [3.05, 3.63) is 11.3 Å². The maximum atomic E-state index is 11.4. The van der Waals surface area contributed by atoms with Crippen LogP contribution in [0, 0.1) is 6.92 Å². The number of carboxylic acids is 1. The number of carbonyl (C=O) groups is 1. The van der Waals surface area contributed by atoms with Gasteiger partial charge in [-0.15, -0.1) is 0 Å². The molecule has 0 unspecified atom stereocenters. The molecule has 0 spiro atoms. The smallest absolute Gasteiger partial charge is 0.341 e. The van der Waals surface area contributed by atoms with Crippen molar-refractivity contribution in [2.75, 3.05) is 45.4 Å². The van der Waals surface area contributed by atoms with Crippen molar-refractivity contribution in [3.63, 3.8) is 0 Å². The Labute approximate surface area is 119 Å². The Bertz CT molecular complexity index is 445. The Morgan fingerprint density at radius 2 is 1.95 bits per heavy atom. The van der Waals surface area contributed by atoms with E-state index < -0.39 is 5.97 Å². The molecular formula is C13H23N3O4. The Morgan fingerprint density at radius 3 is 2.50 bits per heavy atom. The average Bonchev–Trinajstić information content (AvgIpc) is 2.68. The first kappa shape index (κ1) is 16.5. The van der Waals surface area contributed by atoms with Crippen molar-refractivity contribution in [1.29, 1.82) is 0 Å². The van der Waals surface area contributed by atoms with E-state index in [1.807, 2.05) is 4.90 Å². The van der Waals surface area contributed by atoms with Crippen LogP contribution in [0.5, 0.6) is 0 Å². The van der Waals surface area contributed by atoms with Crippen LogP contribution in [0.25, 0.3) is 0 Å². The zero-order valence-corrected chi connectivity index (χ0v) is 12.5. The van der Waals surface area contributed by atoms with Crippen LogP contribution in [0.4, 0.5) is 5.82 Å². The minimum atomic E-state index is -0.959. The van der Waals surface area contributed by atoms with E-state index in [-0.39, 0.29) is 5.56 Å². The highest BCUT2D eigenvalue weighted by Gasteiger charge is 2.23. The van der Waals surface area contributed by atoms with Gasteiger partial charge in [0.25, 0.3) is 0 Å². The first-order valence-electron chi connectivity index (χ1n) is 6.52. The second-order valence-corrected chi connectivity index (χ2v) is 4.54. The lowest BCUT2D eigenvalue weighted by molar-refractivity contribution is 0.0696. The van der Waals surface area contributed by atoms with E-state index in [2.05, 4.69) is 5.10 Å². The average molecular weight is 285 g/mol. The van der Waals surface area contributed by atoms with Crippen molar-refractivity contribution in [3.8, 4) is 0 Å². The molecule has 114 valence electrons. The third-order valence-corrected chi connectivity index (χ3v) is 3.05. The van der Waals surface area contributed by atoms with Crippen LogP contribution in [0.2, 0.25) is 0 Å². The highest BCUT2D eigenvalue weighted by molar-refractivity contribution is 5.94. The summed E-state index contributed by atoms with van der Waals surface area (Å²) in [5.74, 6) is -0.345. The summed E-state index contributed by atoms with van der Waals surface area (Å²) in [5, 5.41) is 13.6. The first-order chi connectivity index (χ1) is 9.52. The van der Waals surface area contributed by atoms with Gasteiger partial charge in [-0.3, -0.25) is 4.68 Å². The first-order valence-corrected chi connectivity index (χ1v) is 6.52. The number of rotatable bonds is 9. The van der Waals surface area contributed by atoms with E-state index in [4.69, 9.17) is 9.47 Å². The second-order valence-electron chi connectivity index (χ2n) is 4.54. The molecule has 0 aliphatic rings. The van der Waals surface area contributed by atoms with Gasteiger partial charge in [0, 0.05) is 41.0 Å². The van der Waals surface area contributed by atoms with Crippen molar-refractivity contribution < 1.29 is 19.4 Å². The fourth-order valence-electron chi connectivity index (χ4n) is 2.18. The largest absolute Gasteiger partial charge is 0.477 e. The Hall–Kier alpha value is -1.60. The molecule has 1 heterocycles. The van der Waals surface area contributed by atoms with Gasteiger partial charge in [-0.2, -0.15) is 5.10 Å². The van der Waals surface area contributed by atoms with Crippen molar-refractivity contribution in [2.24, 2.45) is 7.05 Å². The van der Waals surface area contributed by atoms with E-state index >= 15 is 0 Å². The molecule has 1 rings (SSSR count). The van der Waals surface area contributed by atoms with E-state index in [1.54, 1.807) is 32.9 Å². The molecule has 0 aliphatic heterocycles. The summed E-state index contributed by atoms with van der Waals surface area (Å²) in [7, 11) is 5.03. The molecule has 1 N–H and O–H groups in total. The van der Waals surface area contributed by atoms with Gasteiger partial charge < -0.3 is 19.5 Å². The molecule has 1 aromatic heterocycles. The zero-order chi connectivity index (χ0) is 15.1. The maximum absolute atomic E-state index is 11.4. The lowest BCUT2D eigenvalue weighted by Gasteiger charge is -2.25. The quantitative estimate of drug-likeness (QED) is 0.680. The van der Waals surface area contributed by atoms with Gasteiger partial charge in [-0.05, 0) is 13.3 Å². The number of anilines is 1. The number of methoxy groups -OCH3 is 2. The van der Waals surface area contributed by atoms with Crippen LogP contribution in [0.1, 0.15) is 22.5 Å². The van der Waals surface area contributed by atoms with Crippen LogP contribution in [-0.2, 0) is 16.5 Å². The van der Waals surface area contributed by atoms with Gasteiger partial charge in [-0.25, -0.2) is 4.79 Å². The van der Waals surface area contributed by atoms with E-state index in [1.165, 1.54) is 0 Å². The zero-order valence-electron chi connectivity index (χ0n) is 12.5. The third-order valence-electron chi connectivity index (χ3n) is 3.05. The number of nitrogens with zero attached hydrogens (tertiary/aromatic N) is 3. The molecule has 1 aromatic rings. The Balaban J connectivity index is 3.02. The highest BCUT2D eigenvalue weighted by atomic mass is 16.5. The lowest BCUT2D eigenvalue weighted by Crippen LogP contribution is -2.32. The molecule has 0 fully saturated rings. The lowest BCUT2D eigenvalue weighted by atomic mass is 10.2.